The Labute approximate surface area is 241 Å². The predicted molar refractivity (Wildman–Crippen MR) is 153 cm³/mol. The molecule has 12 heteroatoms. The van der Waals surface area contributed by atoms with Crippen molar-refractivity contribution < 1.29 is 30.8 Å². The Morgan fingerprint density at radius 3 is 2.39 bits per heavy atom. The summed E-state index contributed by atoms with van der Waals surface area (Å²) in [4.78, 5) is 14.7. The van der Waals surface area contributed by atoms with Crippen molar-refractivity contribution in [1.29, 1.82) is 0 Å². The van der Waals surface area contributed by atoms with Crippen LogP contribution in [-0.4, -0.2) is 52.5 Å². The average Bonchev–Trinajstić information content (AvgIpc) is 2.90. The molecular weight excluding hydrogens is 582 g/mol. The van der Waals surface area contributed by atoms with Crippen molar-refractivity contribution in [3.05, 3.63) is 88.2 Å². The van der Waals surface area contributed by atoms with Crippen molar-refractivity contribution in [1.82, 2.24) is 4.90 Å². The Morgan fingerprint density at radius 1 is 1.02 bits per heavy atom. The van der Waals surface area contributed by atoms with Crippen LogP contribution in [0.4, 0.5) is 28.9 Å². The van der Waals surface area contributed by atoms with E-state index in [-0.39, 0.29) is 35.3 Å². The monoisotopic (exact) mass is 609 g/mol. The highest BCUT2D eigenvalue weighted by atomic mass is 35.5. The van der Waals surface area contributed by atoms with Crippen LogP contribution < -0.4 is 9.21 Å². The lowest BCUT2D eigenvalue weighted by Crippen LogP contribution is -2.46. The Morgan fingerprint density at radius 2 is 1.73 bits per heavy atom. The number of nitrogens with zero attached hydrogens (tertiary/aromatic N) is 3. The summed E-state index contributed by atoms with van der Waals surface area (Å²) in [5.41, 5.74) is 0.944. The number of sulfonamides is 1. The SMILES string of the molecule is CC(=O)N(C)CCN1CCN(S(=O)(=O)c2cccc(C(F)(F)F)c2)c2cc(/C=C(\C)c3c(F)cccc3Cl)ccc21. The number of halogens is 5. The first-order chi connectivity index (χ1) is 19.2. The molecule has 0 spiro atoms. The van der Waals surface area contributed by atoms with Crippen molar-refractivity contribution in [2.24, 2.45) is 0 Å². The lowest BCUT2D eigenvalue weighted by Gasteiger charge is -2.39. The van der Waals surface area contributed by atoms with Gasteiger partial charge in [-0.15, -0.1) is 0 Å². The first-order valence-electron chi connectivity index (χ1n) is 12.6. The second-order valence-corrected chi connectivity index (χ2v) is 12.0. The van der Waals surface area contributed by atoms with Crippen molar-refractivity contribution in [2.75, 3.05) is 42.4 Å². The van der Waals surface area contributed by atoms with Crippen molar-refractivity contribution in [3.8, 4) is 0 Å². The number of allylic oxidation sites excluding steroid dienone is 1. The fourth-order valence-electron chi connectivity index (χ4n) is 4.62. The molecule has 0 bridgehead atoms. The first-order valence-corrected chi connectivity index (χ1v) is 14.5. The quantitative estimate of drug-likeness (QED) is 0.225. The summed E-state index contributed by atoms with van der Waals surface area (Å²) in [7, 11) is -2.74. The number of amides is 1. The smallest absolute Gasteiger partial charge is 0.366 e. The number of alkyl halides is 3. The summed E-state index contributed by atoms with van der Waals surface area (Å²) in [5.74, 6) is -0.641. The molecule has 41 heavy (non-hydrogen) atoms. The summed E-state index contributed by atoms with van der Waals surface area (Å²) >= 11 is 6.22. The second-order valence-electron chi connectivity index (χ2n) is 9.70. The molecule has 0 aromatic heterocycles. The van der Waals surface area contributed by atoms with Gasteiger partial charge in [-0.25, -0.2) is 12.8 Å². The molecule has 3 aromatic rings. The van der Waals surface area contributed by atoms with E-state index in [9.17, 15) is 30.8 Å². The molecule has 0 atom stereocenters. The molecule has 1 aliphatic rings. The summed E-state index contributed by atoms with van der Waals surface area (Å²) in [6.45, 7) is 4.10. The van der Waals surface area contributed by atoms with E-state index in [1.54, 1.807) is 44.3 Å². The average molecular weight is 610 g/mol. The minimum absolute atomic E-state index is 0.0410. The maximum Gasteiger partial charge on any atom is 0.416 e. The molecule has 0 fully saturated rings. The molecule has 0 aliphatic carbocycles. The maximum absolute atomic E-state index is 14.5. The third-order valence-electron chi connectivity index (χ3n) is 6.91. The molecule has 3 aromatic carbocycles. The zero-order valence-corrected chi connectivity index (χ0v) is 24.1. The van der Waals surface area contributed by atoms with E-state index < -0.39 is 32.5 Å². The Kier molecular flexibility index (Phi) is 8.70. The van der Waals surface area contributed by atoms with E-state index in [0.717, 1.165) is 22.5 Å². The normalized spacial score (nSPS) is 14.2. The van der Waals surface area contributed by atoms with Crippen LogP contribution in [0.1, 0.15) is 30.5 Å². The van der Waals surface area contributed by atoms with Crippen LogP contribution in [0.25, 0.3) is 11.6 Å². The first kappa shape index (κ1) is 30.4. The summed E-state index contributed by atoms with van der Waals surface area (Å²) in [6.07, 6.45) is -3.06. The van der Waals surface area contributed by atoms with Crippen molar-refractivity contribution in [2.45, 2.75) is 24.9 Å². The van der Waals surface area contributed by atoms with E-state index in [2.05, 4.69) is 0 Å². The van der Waals surface area contributed by atoms with Crippen LogP contribution in [0, 0.1) is 5.82 Å². The largest absolute Gasteiger partial charge is 0.416 e. The van der Waals surface area contributed by atoms with Crippen LogP contribution in [0.3, 0.4) is 0 Å². The van der Waals surface area contributed by atoms with Gasteiger partial charge in [0.25, 0.3) is 10.0 Å². The highest BCUT2D eigenvalue weighted by molar-refractivity contribution is 7.92. The van der Waals surface area contributed by atoms with E-state index in [0.29, 0.717) is 36.0 Å². The number of carbonyl (C=O) groups excluding carboxylic acids is 1. The van der Waals surface area contributed by atoms with E-state index in [1.165, 1.54) is 24.0 Å². The topological polar surface area (TPSA) is 60.9 Å². The van der Waals surface area contributed by atoms with Crippen LogP contribution in [0.15, 0.2) is 65.6 Å². The fourth-order valence-corrected chi connectivity index (χ4v) is 6.44. The number of anilines is 2. The van der Waals surface area contributed by atoms with Crippen LogP contribution in [-0.2, 0) is 21.0 Å². The number of likely N-dealkylation sites (N-methyl/N-ethyl adjacent to an activating group) is 1. The van der Waals surface area contributed by atoms with Crippen molar-refractivity contribution >= 4 is 50.6 Å². The highest BCUT2D eigenvalue weighted by Gasteiger charge is 2.35. The number of hydrogen-bond acceptors (Lipinski definition) is 4. The van der Waals surface area contributed by atoms with Crippen LogP contribution in [0.2, 0.25) is 5.02 Å². The molecule has 218 valence electrons. The molecule has 0 saturated heterocycles. The van der Waals surface area contributed by atoms with Gasteiger partial charge >= 0.3 is 6.18 Å². The molecule has 1 heterocycles. The molecule has 6 nitrogen and oxygen atoms in total. The Bertz CT molecular complexity index is 1590. The number of hydrogen-bond donors (Lipinski definition) is 0. The number of fused-ring (bicyclic) bond motifs is 1. The standard InChI is InChI=1S/C29H28ClF4N3O3S/c1-19(28-24(30)8-5-9-25(28)31)16-21-10-11-26-27(17-21)37(15-14-36(26)13-12-35(3)20(2)38)41(39,40)23-7-4-6-22(18-23)29(32,33)34/h4-11,16-18H,12-15H2,1-3H3/b19-16+. The zero-order valence-electron chi connectivity index (χ0n) is 22.5. The predicted octanol–water partition coefficient (Wildman–Crippen LogP) is 6.55. The maximum atomic E-state index is 14.5. The van der Waals surface area contributed by atoms with Gasteiger partial charge in [0.15, 0.2) is 0 Å². The van der Waals surface area contributed by atoms with Gasteiger partial charge in [-0.05, 0) is 60.5 Å². The van der Waals surface area contributed by atoms with Crippen LogP contribution in [0.5, 0.6) is 0 Å². The third kappa shape index (κ3) is 6.51. The van der Waals surface area contributed by atoms with Gasteiger partial charge in [0.1, 0.15) is 5.82 Å². The molecular formula is C29H28ClF4N3O3S. The molecule has 0 saturated carbocycles. The van der Waals surface area contributed by atoms with Gasteiger partial charge in [0.2, 0.25) is 5.91 Å². The molecule has 0 unspecified atom stereocenters. The van der Waals surface area contributed by atoms with E-state index >= 15 is 0 Å². The van der Waals surface area contributed by atoms with Gasteiger partial charge in [-0.2, -0.15) is 13.2 Å². The van der Waals surface area contributed by atoms with Gasteiger partial charge in [0, 0.05) is 39.2 Å². The van der Waals surface area contributed by atoms with Gasteiger partial charge in [0.05, 0.1) is 33.4 Å². The summed E-state index contributed by atoms with van der Waals surface area (Å²) in [6, 6.07) is 13.0. The van der Waals surface area contributed by atoms with Gasteiger partial charge in [-0.3, -0.25) is 9.10 Å². The summed E-state index contributed by atoms with van der Waals surface area (Å²) < 4.78 is 83.2. The lowest BCUT2D eigenvalue weighted by molar-refractivity contribution is -0.137. The number of rotatable bonds is 7. The Balaban J connectivity index is 1.80. The minimum atomic E-state index is -4.71. The van der Waals surface area contributed by atoms with E-state index in [1.807, 2.05) is 4.90 Å². The molecule has 1 amide bonds. The molecule has 0 radical (unpaired) electrons. The number of carbonyl (C=O) groups is 1. The van der Waals surface area contributed by atoms with Crippen molar-refractivity contribution in [3.63, 3.8) is 0 Å². The highest BCUT2D eigenvalue weighted by Crippen LogP contribution is 2.39. The van der Waals surface area contributed by atoms with Gasteiger partial charge in [-0.1, -0.05) is 35.9 Å². The number of benzene rings is 3. The Hall–Kier alpha value is -3.57. The lowest BCUT2D eigenvalue weighted by atomic mass is 10.0. The summed E-state index contributed by atoms with van der Waals surface area (Å²) in [5, 5.41) is 0.214. The van der Waals surface area contributed by atoms with Crippen LogP contribution >= 0.6 is 11.6 Å². The van der Waals surface area contributed by atoms with E-state index in [4.69, 9.17) is 11.6 Å². The molecule has 0 N–H and O–H groups in total. The second kappa shape index (κ2) is 11.7. The molecule has 1 aliphatic heterocycles. The van der Waals surface area contributed by atoms with Gasteiger partial charge < -0.3 is 9.80 Å². The fraction of sp³-hybridized carbons (Fsp3) is 0.276. The zero-order chi connectivity index (χ0) is 30.1. The molecule has 4 rings (SSSR count). The minimum Gasteiger partial charge on any atom is -0.366 e. The third-order valence-corrected chi connectivity index (χ3v) is 9.04.